The number of ether oxygens (including phenoxy) is 2. The van der Waals surface area contributed by atoms with E-state index in [0.717, 1.165) is 57.8 Å². The lowest BCUT2D eigenvalue weighted by atomic mass is 10.0. The molecule has 1 heterocycles. The Hall–Kier alpha value is -3.05. The van der Waals surface area contributed by atoms with Crippen LogP contribution in [0.4, 0.5) is 0 Å². The standard InChI is InChI=1S/C49H82NO10P/c1-5-7-27-34-46-42(3)43(4)47(60-46)35-29-24-20-16-13-14-18-22-26-31-37-49(53)59-45(41-58-61(54,55)57-39-38-50)40-56-48(52)36-30-25-21-17-12-10-9-11-15-19-23-28-33-44(51)32-8-6-2/h8-10,15,17,19,21,23,28,32,44-45,51H,5-7,11-14,16,18,20,22,24-27,29-31,33-41,50H2,1-4H3,(H,54,55)/b10-9-,19-15-,21-17-,28-23+,32-8-/t44?,45-/m1/s1. The van der Waals surface area contributed by atoms with Crippen LogP contribution in [0.15, 0.2) is 65.2 Å². The molecule has 12 heteroatoms. The van der Waals surface area contributed by atoms with Gasteiger partial charge in [-0.05, 0) is 82.8 Å². The Labute approximate surface area is 368 Å². The molecule has 348 valence electrons. The van der Waals surface area contributed by atoms with Gasteiger partial charge in [0.05, 0.1) is 19.3 Å². The molecule has 0 spiro atoms. The zero-order valence-electron chi connectivity index (χ0n) is 38.2. The fourth-order valence-electron chi connectivity index (χ4n) is 6.46. The summed E-state index contributed by atoms with van der Waals surface area (Å²) in [6.07, 6.45) is 39.9. The highest BCUT2D eigenvalue weighted by molar-refractivity contribution is 7.47. The largest absolute Gasteiger partial charge is 0.472 e. The predicted molar refractivity (Wildman–Crippen MR) is 247 cm³/mol. The molecule has 1 rings (SSSR count). The molecule has 0 aromatic carbocycles. The molecule has 0 aliphatic heterocycles. The van der Waals surface area contributed by atoms with Crippen LogP contribution in [0.5, 0.6) is 0 Å². The number of aryl methyl sites for hydroxylation is 2. The van der Waals surface area contributed by atoms with E-state index < -0.39 is 38.6 Å². The van der Waals surface area contributed by atoms with Crippen molar-refractivity contribution in [2.75, 3.05) is 26.4 Å². The summed E-state index contributed by atoms with van der Waals surface area (Å²) in [5.74, 6) is 1.42. The lowest BCUT2D eigenvalue weighted by Crippen LogP contribution is -2.29. The molecule has 0 aliphatic rings. The average molecular weight is 876 g/mol. The van der Waals surface area contributed by atoms with Gasteiger partial charge in [0.2, 0.25) is 0 Å². The molecule has 1 aromatic heterocycles. The van der Waals surface area contributed by atoms with Crippen LogP contribution in [0.3, 0.4) is 0 Å². The molecule has 0 saturated heterocycles. The quantitative estimate of drug-likeness (QED) is 0.0189. The summed E-state index contributed by atoms with van der Waals surface area (Å²) in [7, 11) is -4.42. The summed E-state index contributed by atoms with van der Waals surface area (Å²) in [6.45, 7) is 7.74. The molecule has 2 unspecified atom stereocenters. The normalized spacial score (nSPS) is 14.3. The van der Waals surface area contributed by atoms with Crippen LogP contribution in [0.25, 0.3) is 0 Å². The summed E-state index contributed by atoms with van der Waals surface area (Å²) in [4.78, 5) is 35.0. The van der Waals surface area contributed by atoms with Crippen molar-refractivity contribution in [3.8, 4) is 0 Å². The van der Waals surface area contributed by atoms with E-state index in [-0.39, 0.29) is 32.6 Å². The van der Waals surface area contributed by atoms with Gasteiger partial charge in [0.25, 0.3) is 0 Å². The first-order chi connectivity index (χ1) is 29.5. The Balaban J connectivity index is 2.27. The number of unbranched alkanes of at least 4 members (excludes halogenated alkanes) is 12. The number of aliphatic hydroxyl groups excluding tert-OH is 1. The molecule has 61 heavy (non-hydrogen) atoms. The van der Waals surface area contributed by atoms with E-state index in [1.807, 2.05) is 55.5 Å². The van der Waals surface area contributed by atoms with Crippen LogP contribution < -0.4 is 5.73 Å². The fraction of sp³-hybridized carbons (Fsp3) is 0.673. The third-order valence-corrected chi connectivity index (χ3v) is 11.2. The SMILES string of the molecule is CC/C=C\C(O)C/C=C/C=C\C/C=C\C/C=C\CCCC(=O)OC[C@H](COP(=O)(O)OCCN)OC(=O)CCCCCCCCCCCCc1oc(CCCCC)c(C)c1C. The molecule has 0 fully saturated rings. The van der Waals surface area contributed by atoms with Crippen molar-refractivity contribution in [1.82, 2.24) is 0 Å². The van der Waals surface area contributed by atoms with E-state index in [9.17, 15) is 24.2 Å². The van der Waals surface area contributed by atoms with E-state index in [0.29, 0.717) is 25.7 Å². The molecule has 0 radical (unpaired) electrons. The van der Waals surface area contributed by atoms with Crippen LogP contribution in [0.2, 0.25) is 0 Å². The van der Waals surface area contributed by atoms with Gasteiger partial charge >= 0.3 is 19.8 Å². The number of phosphoric acid groups is 1. The van der Waals surface area contributed by atoms with E-state index in [4.69, 9.17) is 28.7 Å². The summed E-state index contributed by atoms with van der Waals surface area (Å²) in [5, 5.41) is 9.77. The van der Waals surface area contributed by atoms with Gasteiger partial charge < -0.3 is 29.6 Å². The van der Waals surface area contributed by atoms with Crippen molar-refractivity contribution in [1.29, 1.82) is 0 Å². The number of carbonyl (C=O) groups is 2. The number of carbonyl (C=O) groups excluding carboxylic acids is 2. The topological polar surface area (TPSA) is 168 Å². The van der Waals surface area contributed by atoms with Crippen LogP contribution in [-0.2, 0) is 45.5 Å². The summed E-state index contributed by atoms with van der Waals surface area (Å²) in [5.41, 5.74) is 8.03. The number of aliphatic hydroxyl groups is 1. The third-order valence-electron chi connectivity index (χ3n) is 10.2. The number of furan rings is 1. The minimum atomic E-state index is -4.42. The van der Waals surface area contributed by atoms with Crippen molar-refractivity contribution in [3.63, 3.8) is 0 Å². The van der Waals surface area contributed by atoms with E-state index in [1.165, 1.54) is 74.0 Å². The zero-order chi connectivity index (χ0) is 44.8. The number of phosphoric ester groups is 1. The van der Waals surface area contributed by atoms with Gasteiger partial charge in [-0.15, -0.1) is 0 Å². The lowest BCUT2D eigenvalue weighted by Gasteiger charge is -2.19. The van der Waals surface area contributed by atoms with Gasteiger partial charge in [0.1, 0.15) is 18.1 Å². The van der Waals surface area contributed by atoms with Gasteiger partial charge in [-0.25, -0.2) is 4.57 Å². The van der Waals surface area contributed by atoms with E-state index in [2.05, 4.69) is 32.9 Å². The molecule has 0 aliphatic carbocycles. The van der Waals surface area contributed by atoms with Gasteiger partial charge in [0, 0.05) is 32.2 Å². The first kappa shape index (κ1) is 56.0. The van der Waals surface area contributed by atoms with E-state index >= 15 is 0 Å². The van der Waals surface area contributed by atoms with E-state index in [1.54, 1.807) is 0 Å². The van der Waals surface area contributed by atoms with Crippen molar-refractivity contribution in [2.45, 2.75) is 188 Å². The zero-order valence-corrected chi connectivity index (χ0v) is 39.1. The number of hydrogen-bond acceptors (Lipinski definition) is 10. The summed E-state index contributed by atoms with van der Waals surface area (Å²) < 4.78 is 39.0. The number of nitrogens with two attached hydrogens (primary N) is 1. The number of esters is 2. The highest BCUT2D eigenvalue weighted by atomic mass is 31.2. The molecular weight excluding hydrogens is 794 g/mol. The molecule has 3 atom stereocenters. The van der Waals surface area contributed by atoms with Crippen LogP contribution >= 0.6 is 7.82 Å². The van der Waals surface area contributed by atoms with Crippen molar-refractivity contribution < 1.29 is 47.1 Å². The maximum absolute atomic E-state index is 12.7. The number of allylic oxidation sites excluding steroid dienone is 8. The van der Waals surface area contributed by atoms with Crippen molar-refractivity contribution in [3.05, 3.63) is 83.4 Å². The lowest BCUT2D eigenvalue weighted by molar-refractivity contribution is -0.161. The minimum absolute atomic E-state index is 0.0314. The molecule has 0 saturated carbocycles. The predicted octanol–water partition coefficient (Wildman–Crippen LogP) is 11.9. The Kier molecular flexibility index (Phi) is 34.4. The molecular formula is C49H82NO10P. The van der Waals surface area contributed by atoms with Crippen LogP contribution in [0.1, 0.15) is 171 Å². The second-order valence-corrected chi connectivity index (χ2v) is 17.1. The van der Waals surface area contributed by atoms with Gasteiger partial charge in [-0.3, -0.25) is 18.6 Å². The molecule has 0 bridgehead atoms. The molecule has 0 amide bonds. The summed E-state index contributed by atoms with van der Waals surface area (Å²) >= 11 is 0. The van der Waals surface area contributed by atoms with Gasteiger partial charge in [-0.1, -0.05) is 139 Å². The van der Waals surface area contributed by atoms with Crippen molar-refractivity contribution in [2.24, 2.45) is 5.73 Å². The smallest absolute Gasteiger partial charge is 0.466 e. The van der Waals surface area contributed by atoms with Gasteiger partial charge in [0.15, 0.2) is 6.10 Å². The molecule has 11 nitrogen and oxygen atoms in total. The Morgan fingerprint density at radius 2 is 1.28 bits per heavy atom. The molecule has 4 N–H and O–H groups in total. The Bertz CT molecular complexity index is 1480. The number of rotatable bonds is 39. The van der Waals surface area contributed by atoms with Gasteiger partial charge in [-0.2, -0.15) is 0 Å². The fourth-order valence-corrected chi connectivity index (χ4v) is 7.22. The minimum Gasteiger partial charge on any atom is -0.466 e. The highest BCUT2D eigenvalue weighted by Gasteiger charge is 2.26. The Morgan fingerprint density at radius 1 is 0.705 bits per heavy atom. The van der Waals surface area contributed by atoms with Crippen molar-refractivity contribution >= 4 is 19.8 Å². The highest BCUT2D eigenvalue weighted by Crippen LogP contribution is 2.43. The third kappa shape index (κ3) is 31.4. The summed E-state index contributed by atoms with van der Waals surface area (Å²) in [6, 6.07) is 0. The maximum atomic E-state index is 12.7. The first-order valence-corrected chi connectivity index (χ1v) is 24.7. The second kappa shape index (κ2) is 37.5. The maximum Gasteiger partial charge on any atom is 0.472 e. The first-order valence-electron chi connectivity index (χ1n) is 23.2. The monoisotopic (exact) mass is 876 g/mol. The Morgan fingerprint density at radius 3 is 1.92 bits per heavy atom. The van der Waals surface area contributed by atoms with Crippen LogP contribution in [-0.4, -0.2) is 60.5 Å². The van der Waals surface area contributed by atoms with Crippen LogP contribution in [0, 0.1) is 13.8 Å². The molecule has 1 aromatic rings. The number of hydrogen-bond donors (Lipinski definition) is 3. The average Bonchev–Trinajstić information content (AvgIpc) is 3.51. The second-order valence-electron chi connectivity index (χ2n) is 15.7.